The van der Waals surface area contributed by atoms with Crippen LogP contribution in [0.1, 0.15) is 24.8 Å². The molecule has 0 radical (unpaired) electrons. The molecule has 2 aliphatic rings. The Morgan fingerprint density at radius 2 is 2.32 bits per heavy atom. The van der Waals surface area contributed by atoms with Crippen LogP contribution >= 0.6 is 11.6 Å². The van der Waals surface area contributed by atoms with Crippen LogP contribution in [0.15, 0.2) is 18.2 Å². The second kappa shape index (κ2) is 5.07. The number of hydrogen-bond acceptors (Lipinski definition) is 4. The highest BCUT2D eigenvalue weighted by Gasteiger charge is 2.40. The number of nitrogens with zero attached hydrogens (tertiary/aromatic N) is 1. The second-order valence-corrected chi connectivity index (χ2v) is 5.56. The van der Waals surface area contributed by atoms with Crippen LogP contribution in [0.25, 0.3) is 0 Å². The molecule has 1 aromatic carbocycles. The predicted molar refractivity (Wildman–Crippen MR) is 71.2 cm³/mol. The van der Waals surface area contributed by atoms with Gasteiger partial charge in [-0.2, -0.15) is 0 Å². The fourth-order valence-electron chi connectivity index (χ4n) is 2.95. The predicted octanol–water partition coefficient (Wildman–Crippen LogP) is 2.66. The number of nitro benzene ring substituents is 1. The smallest absolute Gasteiger partial charge is 0.275 e. The maximum Gasteiger partial charge on any atom is 0.275 e. The van der Waals surface area contributed by atoms with Gasteiger partial charge < -0.3 is 10.1 Å². The Morgan fingerprint density at radius 3 is 2.95 bits per heavy atom. The third-order valence-corrected chi connectivity index (χ3v) is 4.14. The summed E-state index contributed by atoms with van der Waals surface area (Å²) < 4.78 is 5.75. The summed E-state index contributed by atoms with van der Waals surface area (Å²) in [6.45, 7) is 0.477. The molecule has 2 fully saturated rings. The third kappa shape index (κ3) is 2.59. The Kier molecular flexibility index (Phi) is 3.43. The van der Waals surface area contributed by atoms with Gasteiger partial charge in [-0.15, -0.1) is 0 Å². The number of hydrogen-bond donors (Lipinski definition) is 1. The molecule has 2 aliphatic heterocycles. The molecule has 2 bridgehead atoms. The van der Waals surface area contributed by atoms with Crippen molar-refractivity contribution in [2.45, 2.75) is 44.1 Å². The van der Waals surface area contributed by atoms with Crippen LogP contribution < -0.4 is 5.32 Å². The van der Waals surface area contributed by atoms with E-state index < -0.39 is 0 Å². The van der Waals surface area contributed by atoms with E-state index in [-0.39, 0.29) is 16.7 Å². The summed E-state index contributed by atoms with van der Waals surface area (Å²) in [5, 5.41) is 14.8. The van der Waals surface area contributed by atoms with Gasteiger partial charge in [-0.1, -0.05) is 11.6 Å². The number of halogens is 1. The van der Waals surface area contributed by atoms with Crippen molar-refractivity contribution < 1.29 is 9.66 Å². The van der Waals surface area contributed by atoms with Gasteiger partial charge in [-0.3, -0.25) is 10.1 Å². The molecule has 3 atom stereocenters. The molecule has 1 aromatic rings. The van der Waals surface area contributed by atoms with Crippen LogP contribution in [0.3, 0.4) is 0 Å². The van der Waals surface area contributed by atoms with Gasteiger partial charge >= 0.3 is 0 Å². The van der Waals surface area contributed by atoms with Gasteiger partial charge in [0.05, 0.1) is 17.1 Å². The van der Waals surface area contributed by atoms with E-state index in [1.54, 1.807) is 12.1 Å². The average molecular weight is 283 g/mol. The van der Waals surface area contributed by atoms with Crippen LogP contribution in [0, 0.1) is 10.1 Å². The molecule has 0 aliphatic carbocycles. The minimum atomic E-state index is -0.389. The number of benzene rings is 1. The zero-order valence-electron chi connectivity index (χ0n) is 10.3. The number of rotatable bonds is 4. The highest BCUT2D eigenvalue weighted by molar-refractivity contribution is 6.30. The van der Waals surface area contributed by atoms with Crippen molar-refractivity contribution >= 4 is 17.3 Å². The van der Waals surface area contributed by atoms with Crippen molar-refractivity contribution in [3.8, 4) is 0 Å². The van der Waals surface area contributed by atoms with E-state index in [1.165, 1.54) is 6.07 Å². The number of nitrogens with one attached hydrogen (secondary N) is 1. The Bertz CT molecular complexity index is 509. The second-order valence-electron chi connectivity index (χ2n) is 5.13. The molecule has 3 unspecified atom stereocenters. The van der Waals surface area contributed by atoms with E-state index in [0.717, 1.165) is 19.3 Å². The molecule has 2 saturated heterocycles. The zero-order chi connectivity index (χ0) is 13.4. The standard InChI is InChI=1S/C13H15ClN2O3/c14-9-2-1-8(12(5-9)16(17)18)7-15-11-6-10-3-4-13(11)19-10/h1-2,5,10-11,13,15H,3-4,6-7H2. The largest absolute Gasteiger partial charge is 0.373 e. The van der Waals surface area contributed by atoms with Gasteiger partial charge in [-0.05, 0) is 31.4 Å². The third-order valence-electron chi connectivity index (χ3n) is 3.90. The fraction of sp³-hybridized carbons (Fsp3) is 0.538. The number of ether oxygens (including phenoxy) is 1. The highest BCUT2D eigenvalue weighted by atomic mass is 35.5. The van der Waals surface area contributed by atoms with Crippen LogP contribution in [0.2, 0.25) is 5.02 Å². The van der Waals surface area contributed by atoms with E-state index in [9.17, 15) is 10.1 Å². The lowest BCUT2D eigenvalue weighted by molar-refractivity contribution is -0.385. The van der Waals surface area contributed by atoms with Crippen LogP contribution in [-0.4, -0.2) is 23.2 Å². The number of fused-ring (bicyclic) bond motifs is 2. The zero-order valence-corrected chi connectivity index (χ0v) is 11.1. The summed E-state index contributed by atoms with van der Waals surface area (Å²) in [7, 11) is 0. The Hall–Kier alpha value is -1.17. The Balaban J connectivity index is 1.68. The Labute approximate surface area is 116 Å². The quantitative estimate of drug-likeness (QED) is 0.681. The van der Waals surface area contributed by atoms with Gasteiger partial charge in [0.1, 0.15) is 0 Å². The summed E-state index contributed by atoms with van der Waals surface area (Å²) in [4.78, 5) is 10.6. The van der Waals surface area contributed by atoms with Crippen molar-refractivity contribution in [2.75, 3.05) is 0 Å². The normalized spacial score (nSPS) is 28.8. The van der Waals surface area contributed by atoms with E-state index in [0.29, 0.717) is 29.3 Å². The maximum atomic E-state index is 11.0. The van der Waals surface area contributed by atoms with Gasteiger partial charge in [0, 0.05) is 29.2 Å². The fourth-order valence-corrected chi connectivity index (χ4v) is 3.12. The van der Waals surface area contributed by atoms with Gasteiger partial charge in [-0.25, -0.2) is 0 Å². The minimum absolute atomic E-state index is 0.0732. The molecule has 3 rings (SSSR count). The first-order valence-corrected chi connectivity index (χ1v) is 6.83. The van der Waals surface area contributed by atoms with Crippen molar-refractivity contribution in [2.24, 2.45) is 0 Å². The lowest BCUT2D eigenvalue weighted by Gasteiger charge is -2.20. The van der Waals surface area contributed by atoms with Crippen LogP contribution in [-0.2, 0) is 11.3 Å². The molecule has 5 nitrogen and oxygen atoms in total. The summed E-state index contributed by atoms with van der Waals surface area (Å²) >= 11 is 5.79. The molecule has 1 N–H and O–H groups in total. The van der Waals surface area contributed by atoms with Gasteiger partial charge in [0.15, 0.2) is 0 Å². The maximum absolute atomic E-state index is 11.0. The first-order chi connectivity index (χ1) is 9.13. The minimum Gasteiger partial charge on any atom is -0.373 e. The summed E-state index contributed by atoms with van der Waals surface area (Å²) in [5.74, 6) is 0. The first kappa shape index (κ1) is 12.8. The number of nitro groups is 1. The van der Waals surface area contributed by atoms with Crippen molar-refractivity contribution in [3.05, 3.63) is 38.9 Å². The van der Waals surface area contributed by atoms with E-state index in [4.69, 9.17) is 16.3 Å². The van der Waals surface area contributed by atoms with Crippen molar-refractivity contribution in [1.82, 2.24) is 5.32 Å². The molecule has 102 valence electrons. The summed E-state index contributed by atoms with van der Waals surface area (Å²) in [5.41, 5.74) is 0.737. The molecular formula is C13H15ClN2O3. The van der Waals surface area contributed by atoms with Crippen LogP contribution in [0.5, 0.6) is 0 Å². The molecule has 19 heavy (non-hydrogen) atoms. The molecule has 0 amide bonds. The summed E-state index contributed by atoms with van der Waals surface area (Å²) in [6.07, 6.45) is 3.89. The van der Waals surface area contributed by atoms with E-state index in [1.807, 2.05) is 0 Å². The highest BCUT2D eigenvalue weighted by Crippen LogP contribution is 2.34. The molecule has 0 aromatic heterocycles. The van der Waals surface area contributed by atoms with Crippen molar-refractivity contribution in [1.29, 1.82) is 0 Å². The average Bonchev–Trinajstić information content (AvgIpc) is 2.99. The molecule has 0 saturated carbocycles. The van der Waals surface area contributed by atoms with E-state index in [2.05, 4.69) is 5.32 Å². The first-order valence-electron chi connectivity index (χ1n) is 6.45. The van der Waals surface area contributed by atoms with Crippen LogP contribution in [0.4, 0.5) is 5.69 Å². The molecular weight excluding hydrogens is 268 g/mol. The van der Waals surface area contributed by atoms with E-state index >= 15 is 0 Å². The van der Waals surface area contributed by atoms with Gasteiger partial charge in [0.2, 0.25) is 0 Å². The summed E-state index contributed by atoms with van der Waals surface area (Å²) in [6, 6.07) is 5.11. The molecule has 0 spiro atoms. The molecule has 2 heterocycles. The van der Waals surface area contributed by atoms with Crippen molar-refractivity contribution in [3.63, 3.8) is 0 Å². The molecule has 6 heteroatoms. The monoisotopic (exact) mass is 282 g/mol. The van der Waals surface area contributed by atoms with Gasteiger partial charge in [0.25, 0.3) is 5.69 Å². The SMILES string of the molecule is O=[N+]([O-])c1cc(Cl)ccc1CNC1CC2CCC1O2. The lowest BCUT2D eigenvalue weighted by Crippen LogP contribution is -2.37. The topological polar surface area (TPSA) is 64.4 Å². The lowest BCUT2D eigenvalue weighted by atomic mass is 9.95. The Morgan fingerprint density at radius 1 is 1.47 bits per heavy atom.